The van der Waals surface area contributed by atoms with E-state index in [1.165, 1.54) is 0 Å². The Hall–Kier alpha value is -2.82. The van der Waals surface area contributed by atoms with E-state index in [-0.39, 0.29) is 18.4 Å². The molecule has 27 heavy (non-hydrogen) atoms. The zero-order chi connectivity index (χ0) is 19.4. The maximum absolute atomic E-state index is 12.4. The lowest BCUT2D eigenvalue weighted by Gasteiger charge is -2.29. The van der Waals surface area contributed by atoms with E-state index < -0.39 is 0 Å². The predicted molar refractivity (Wildman–Crippen MR) is 106 cm³/mol. The van der Waals surface area contributed by atoms with Crippen LogP contribution in [0.4, 0.5) is 5.69 Å². The van der Waals surface area contributed by atoms with Gasteiger partial charge in [0.15, 0.2) is 6.61 Å². The summed E-state index contributed by atoms with van der Waals surface area (Å²) >= 11 is 0. The number of aryl methyl sites for hydroxylation is 1. The molecule has 0 aromatic heterocycles. The van der Waals surface area contributed by atoms with Gasteiger partial charge in [0.1, 0.15) is 5.75 Å². The van der Waals surface area contributed by atoms with Crippen LogP contribution in [0.15, 0.2) is 42.5 Å². The minimum atomic E-state index is -0.0834. The van der Waals surface area contributed by atoms with E-state index >= 15 is 0 Å². The van der Waals surface area contributed by atoms with Crippen LogP contribution in [0, 0.1) is 12.8 Å². The fourth-order valence-electron chi connectivity index (χ4n) is 3.06. The van der Waals surface area contributed by atoms with E-state index in [0.717, 1.165) is 23.2 Å². The van der Waals surface area contributed by atoms with Crippen LogP contribution in [-0.2, 0) is 11.3 Å². The fraction of sp³-hybridized carbons (Fsp3) is 0.364. The quantitative estimate of drug-likeness (QED) is 0.848. The lowest BCUT2D eigenvalue weighted by Crippen LogP contribution is -2.38. The smallest absolute Gasteiger partial charge is 0.265 e. The number of rotatable bonds is 6. The van der Waals surface area contributed by atoms with Crippen molar-refractivity contribution in [2.24, 2.45) is 5.92 Å². The summed E-state index contributed by atoms with van der Waals surface area (Å²) in [5, 5.41) is 2.95. The third-order valence-corrected chi connectivity index (χ3v) is 4.59. The minimum Gasteiger partial charge on any atom is -0.482 e. The molecular formula is C22H26N2O3. The number of anilines is 1. The molecule has 0 unspecified atom stereocenters. The average Bonchev–Trinajstić information content (AvgIpc) is 2.64. The Balaban J connectivity index is 1.76. The number of carbonyl (C=O) groups excluding carboxylic acids is 2. The Kier molecular flexibility index (Phi) is 5.79. The summed E-state index contributed by atoms with van der Waals surface area (Å²) < 4.78 is 5.53. The monoisotopic (exact) mass is 366 g/mol. The van der Waals surface area contributed by atoms with E-state index in [2.05, 4.69) is 19.2 Å². The van der Waals surface area contributed by atoms with E-state index in [1.807, 2.05) is 43.3 Å². The highest BCUT2D eigenvalue weighted by atomic mass is 16.5. The van der Waals surface area contributed by atoms with Crippen molar-refractivity contribution >= 4 is 17.5 Å². The molecule has 3 rings (SSSR count). The summed E-state index contributed by atoms with van der Waals surface area (Å²) in [6.45, 7) is 7.35. The van der Waals surface area contributed by atoms with Gasteiger partial charge in [-0.1, -0.05) is 32.0 Å². The molecule has 0 aliphatic carbocycles. The van der Waals surface area contributed by atoms with Crippen molar-refractivity contribution in [3.8, 4) is 5.75 Å². The maximum atomic E-state index is 12.4. The first-order chi connectivity index (χ1) is 12.9. The molecule has 0 saturated heterocycles. The van der Waals surface area contributed by atoms with Gasteiger partial charge in [0, 0.05) is 12.1 Å². The van der Waals surface area contributed by atoms with Gasteiger partial charge in [0.2, 0.25) is 0 Å². The van der Waals surface area contributed by atoms with Gasteiger partial charge in [-0.3, -0.25) is 9.59 Å². The zero-order valence-corrected chi connectivity index (χ0v) is 16.1. The fourth-order valence-corrected chi connectivity index (χ4v) is 3.06. The van der Waals surface area contributed by atoms with Crippen LogP contribution in [0.5, 0.6) is 5.75 Å². The van der Waals surface area contributed by atoms with Gasteiger partial charge < -0.3 is 15.0 Å². The SMILES string of the molecule is Cc1ccc2c(c1)N(Cc1cccc(C(=O)NCCC(C)C)c1)C(=O)CO2. The Morgan fingerprint density at radius 3 is 2.81 bits per heavy atom. The standard InChI is InChI=1S/C22H26N2O3/c1-15(2)9-10-23-22(26)18-6-4-5-17(12-18)13-24-19-11-16(3)7-8-20(19)27-14-21(24)25/h4-8,11-12,15H,9-10,13-14H2,1-3H3,(H,23,26). The first-order valence-corrected chi connectivity index (χ1v) is 9.35. The van der Waals surface area contributed by atoms with Crippen LogP contribution in [0.3, 0.4) is 0 Å². The highest BCUT2D eigenvalue weighted by Gasteiger charge is 2.25. The molecule has 0 fully saturated rings. The Morgan fingerprint density at radius 2 is 2.04 bits per heavy atom. The number of hydrogen-bond acceptors (Lipinski definition) is 3. The first-order valence-electron chi connectivity index (χ1n) is 9.35. The van der Waals surface area contributed by atoms with Crippen molar-refractivity contribution in [3.05, 3.63) is 59.2 Å². The number of nitrogens with zero attached hydrogens (tertiary/aromatic N) is 1. The van der Waals surface area contributed by atoms with Gasteiger partial charge >= 0.3 is 0 Å². The highest BCUT2D eigenvalue weighted by Crippen LogP contribution is 2.33. The van der Waals surface area contributed by atoms with Gasteiger partial charge in [-0.25, -0.2) is 0 Å². The molecule has 0 atom stereocenters. The van der Waals surface area contributed by atoms with Gasteiger partial charge in [-0.05, 0) is 54.7 Å². The second-order valence-electron chi connectivity index (χ2n) is 7.38. The summed E-state index contributed by atoms with van der Waals surface area (Å²) in [7, 11) is 0. The Morgan fingerprint density at radius 1 is 1.22 bits per heavy atom. The summed E-state index contributed by atoms with van der Waals surface area (Å²) in [4.78, 5) is 26.5. The van der Waals surface area contributed by atoms with Crippen LogP contribution < -0.4 is 15.0 Å². The predicted octanol–water partition coefficient (Wildman–Crippen LogP) is 3.70. The topological polar surface area (TPSA) is 58.6 Å². The lowest BCUT2D eigenvalue weighted by molar-refractivity contribution is -0.121. The number of hydrogen-bond donors (Lipinski definition) is 1. The average molecular weight is 366 g/mol. The van der Waals surface area contributed by atoms with Crippen molar-refractivity contribution in [2.75, 3.05) is 18.1 Å². The summed E-state index contributed by atoms with van der Waals surface area (Å²) in [5.74, 6) is 1.09. The largest absolute Gasteiger partial charge is 0.482 e. The number of ether oxygens (including phenoxy) is 1. The Bertz CT molecular complexity index is 845. The third kappa shape index (κ3) is 4.67. The molecule has 2 aromatic rings. The number of benzene rings is 2. The van der Waals surface area contributed by atoms with Crippen LogP contribution in [0.1, 0.15) is 41.8 Å². The maximum Gasteiger partial charge on any atom is 0.265 e. The molecular weight excluding hydrogens is 340 g/mol. The molecule has 5 nitrogen and oxygen atoms in total. The van der Waals surface area contributed by atoms with Crippen molar-refractivity contribution in [3.63, 3.8) is 0 Å². The molecule has 2 amide bonds. The lowest BCUT2D eigenvalue weighted by atomic mass is 10.1. The van der Waals surface area contributed by atoms with E-state index in [1.54, 1.807) is 11.0 Å². The molecule has 1 aliphatic rings. The van der Waals surface area contributed by atoms with Gasteiger partial charge in [0.25, 0.3) is 11.8 Å². The summed E-state index contributed by atoms with van der Waals surface area (Å²) in [6, 6.07) is 13.3. The third-order valence-electron chi connectivity index (χ3n) is 4.59. The van der Waals surface area contributed by atoms with Crippen LogP contribution in [-0.4, -0.2) is 25.0 Å². The number of amides is 2. The highest BCUT2D eigenvalue weighted by molar-refractivity contribution is 5.98. The van der Waals surface area contributed by atoms with Crippen molar-refractivity contribution in [2.45, 2.75) is 33.7 Å². The molecule has 1 heterocycles. The molecule has 1 aliphatic heterocycles. The van der Waals surface area contributed by atoms with Crippen LogP contribution in [0.2, 0.25) is 0 Å². The zero-order valence-electron chi connectivity index (χ0n) is 16.1. The molecule has 5 heteroatoms. The Labute approximate surface area is 160 Å². The van der Waals surface area contributed by atoms with Gasteiger partial charge in [0.05, 0.1) is 12.2 Å². The second-order valence-corrected chi connectivity index (χ2v) is 7.38. The minimum absolute atomic E-state index is 0.0332. The molecule has 0 saturated carbocycles. The van der Waals surface area contributed by atoms with Gasteiger partial charge in [-0.15, -0.1) is 0 Å². The number of carbonyl (C=O) groups is 2. The van der Waals surface area contributed by atoms with E-state index in [9.17, 15) is 9.59 Å². The summed E-state index contributed by atoms with van der Waals surface area (Å²) in [6.07, 6.45) is 0.948. The van der Waals surface area contributed by atoms with Crippen molar-refractivity contribution in [1.82, 2.24) is 5.32 Å². The normalized spacial score (nSPS) is 13.3. The number of fused-ring (bicyclic) bond motifs is 1. The number of nitrogens with one attached hydrogen (secondary N) is 1. The van der Waals surface area contributed by atoms with Gasteiger partial charge in [-0.2, -0.15) is 0 Å². The van der Waals surface area contributed by atoms with Crippen LogP contribution in [0.25, 0.3) is 0 Å². The molecule has 0 bridgehead atoms. The molecule has 0 spiro atoms. The molecule has 2 aromatic carbocycles. The second kappa shape index (κ2) is 8.25. The molecule has 1 N–H and O–H groups in total. The molecule has 142 valence electrons. The first kappa shape index (κ1) is 19.0. The van der Waals surface area contributed by atoms with Crippen molar-refractivity contribution in [1.29, 1.82) is 0 Å². The van der Waals surface area contributed by atoms with E-state index in [4.69, 9.17) is 4.74 Å². The summed E-state index contributed by atoms with van der Waals surface area (Å²) in [5.41, 5.74) is 3.36. The van der Waals surface area contributed by atoms with Crippen molar-refractivity contribution < 1.29 is 14.3 Å². The molecule has 0 radical (unpaired) electrons. The van der Waals surface area contributed by atoms with Crippen LogP contribution >= 0.6 is 0 Å². The van der Waals surface area contributed by atoms with E-state index in [0.29, 0.717) is 30.3 Å².